The molecule has 112 valence electrons. The summed E-state index contributed by atoms with van der Waals surface area (Å²) in [6.07, 6.45) is 2.33. The molecule has 2 fully saturated rings. The van der Waals surface area contributed by atoms with Crippen LogP contribution in [0.1, 0.15) is 30.0 Å². The Labute approximate surface area is 129 Å². The minimum absolute atomic E-state index is 0.0525. The molecule has 1 aliphatic heterocycles. The van der Waals surface area contributed by atoms with Crippen LogP contribution < -0.4 is 5.32 Å². The molecule has 0 bridgehead atoms. The number of hydrogen-bond donors (Lipinski definition) is 1. The molecular formula is C16H20N2O2S. The molecule has 1 aliphatic carbocycles. The van der Waals surface area contributed by atoms with Crippen LogP contribution in [0.25, 0.3) is 0 Å². The molecular weight excluding hydrogens is 284 g/mol. The van der Waals surface area contributed by atoms with Crippen molar-refractivity contribution in [1.82, 2.24) is 10.2 Å². The van der Waals surface area contributed by atoms with E-state index in [2.05, 4.69) is 36.5 Å². The van der Waals surface area contributed by atoms with E-state index in [9.17, 15) is 9.59 Å². The van der Waals surface area contributed by atoms with Gasteiger partial charge in [-0.15, -0.1) is 11.8 Å². The molecule has 1 saturated heterocycles. The number of amides is 2. The summed E-state index contributed by atoms with van der Waals surface area (Å²) >= 11 is 1.56. The number of nitrogens with one attached hydrogen (secondary N) is 1. The van der Waals surface area contributed by atoms with Crippen LogP contribution in [0.4, 0.5) is 0 Å². The van der Waals surface area contributed by atoms with E-state index in [1.807, 2.05) is 0 Å². The van der Waals surface area contributed by atoms with Crippen LogP contribution in [0.5, 0.6) is 0 Å². The lowest BCUT2D eigenvalue weighted by Gasteiger charge is -2.21. The number of aryl methyl sites for hydroxylation is 1. The molecule has 2 aliphatic rings. The monoisotopic (exact) mass is 304 g/mol. The predicted molar refractivity (Wildman–Crippen MR) is 83.8 cm³/mol. The van der Waals surface area contributed by atoms with Gasteiger partial charge in [-0.25, -0.2) is 0 Å². The lowest BCUT2D eigenvalue weighted by atomic mass is 10.0. The summed E-state index contributed by atoms with van der Waals surface area (Å²) in [5.74, 6) is 1.68. The lowest BCUT2D eigenvalue weighted by Crippen LogP contribution is -2.40. The SMILES string of the molecule is Cc1ccc([C@H](NC(=O)CN2CSCC2=O)C2CC2)cc1. The maximum atomic E-state index is 12.2. The van der Waals surface area contributed by atoms with Gasteiger partial charge in [0, 0.05) is 0 Å². The number of hydrogen-bond acceptors (Lipinski definition) is 3. The van der Waals surface area contributed by atoms with Gasteiger partial charge in [-0.2, -0.15) is 0 Å². The maximum Gasteiger partial charge on any atom is 0.240 e. The van der Waals surface area contributed by atoms with Crippen LogP contribution >= 0.6 is 11.8 Å². The third-order valence-corrected chi connectivity index (χ3v) is 4.95. The lowest BCUT2D eigenvalue weighted by molar-refractivity contribution is -0.132. The molecule has 0 radical (unpaired) electrons. The van der Waals surface area contributed by atoms with Gasteiger partial charge in [0.15, 0.2) is 0 Å². The molecule has 3 rings (SSSR count). The first-order valence-electron chi connectivity index (χ1n) is 7.35. The highest BCUT2D eigenvalue weighted by Crippen LogP contribution is 2.41. The molecule has 21 heavy (non-hydrogen) atoms. The number of rotatable bonds is 5. The molecule has 0 aromatic heterocycles. The first-order chi connectivity index (χ1) is 10.1. The Morgan fingerprint density at radius 1 is 1.38 bits per heavy atom. The van der Waals surface area contributed by atoms with Crippen LogP contribution in [0.3, 0.4) is 0 Å². The second-order valence-corrected chi connectivity index (χ2v) is 6.82. The van der Waals surface area contributed by atoms with Crippen molar-refractivity contribution in [3.05, 3.63) is 35.4 Å². The first-order valence-corrected chi connectivity index (χ1v) is 8.50. The van der Waals surface area contributed by atoms with Crippen molar-refractivity contribution in [2.75, 3.05) is 18.2 Å². The molecule has 0 unspecified atom stereocenters. The maximum absolute atomic E-state index is 12.2. The van der Waals surface area contributed by atoms with Gasteiger partial charge in [-0.1, -0.05) is 29.8 Å². The van der Waals surface area contributed by atoms with Crippen molar-refractivity contribution >= 4 is 23.6 Å². The van der Waals surface area contributed by atoms with Gasteiger partial charge in [0.05, 0.1) is 17.7 Å². The summed E-state index contributed by atoms with van der Waals surface area (Å²) in [7, 11) is 0. The normalized spacial score (nSPS) is 19.7. The fraction of sp³-hybridized carbons (Fsp3) is 0.500. The molecule has 1 saturated carbocycles. The smallest absolute Gasteiger partial charge is 0.240 e. The van der Waals surface area contributed by atoms with Gasteiger partial charge >= 0.3 is 0 Å². The summed E-state index contributed by atoms with van der Waals surface area (Å²) in [6, 6.07) is 8.43. The van der Waals surface area contributed by atoms with Gasteiger partial charge in [-0.05, 0) is 31.2 Å². The number of benzene rings is 1. The van der Waals surface area contributed by atoms with E-state index in [1.54, 1.807) is 16.7 Å². The standard InChI is InChI=1S/C16H20N2O2S/c1-11-2-4-12(5-3-11)16(13-6-7-13)17-14(19)8-18-10-21-9-15(18)20/h2-5,13,16H,6-10H2,1H3,(H,17,19)/t16-/m0/s1. The van der Waals surface area contributed by atoms with Crippen LogP contribution in [0.2, 0.25) is 0 Å². The molecule has 1 heterocycles. The van der Waals surface area contributed by atoms with E-state index in [1.165, 1.54) is 11.1 Å². The van der Waals surface area contributed by atoms with Crippen LogP contribution in [-0.4, -0.2) is 34.9 Å². The van der Waals surface area contributed by atoms with E-state index in [0.29, 0.717) is 17.5 Å². The van der Waals surface area contributed by atoms with Gasteiger partial charge < -0.3 is 10.2 Å². The molecule has 1 aromatic carbocycles. The average Bonchev–Trinajstić information content (AvgIpc) is 3.23. The largest absolute Gasteiger partial charge is 0.347 e. The Hall–Kier alpha value is -1.49. The highest BCUT2D eigenvalue weighted by atomic mass is 32.2. The zero-order chi connectivity index (χ0) is 14.8. The van der Waals surface area contributed by atoms with Gasteiger partial charge in [0.1, 0.15) is 6.54 Å². The van der Waals surface area contributed by atoms with E-state index in [-0.39, 0.29) is 24.4 Å². The fourth-order valence-corrected chi connectivity index (χ4v) is 3.51. The second kappa shape index (κ2) is 6.10. The van der Waals surface area contributed by atoms with Crippen molar-refractivity contribution in [3.8, 4) is 0 Å². The van der Waals surface area contributed by atoms with E-state index >= 15 is 0 Å². The quantitative estimate of drug-likeness (QED) is 0.906. The molecule has 5 heteroatoms. The molecule has 2 amide bonds. The summed E-state index contributed by atoms with van der Waals surface area (Å²) in [4.78, 5) is 25.4. The third kappa shape index (κ3) is 3.59. The molecule has 4 nitrogen and oxygen atoms in total. The van der Waals surface area contributed by atoms with Crippen molar-refractivity contribution in [3.63, 3.8) is 0 Å². The van der Waals surface area contributed by atoms with Crippen LogP contribution in [0.15, 0.2) is 24.3 Å². The second-order valence-electron chi connectivity index (χ2n) is 5.86. The number of carbonyl (C=O) groups excluding carboxylic acids is 2. The Kier molecular flexibility index (Phi) is 4.19. The first kappa shape index (κ1) is 14.4. The molecule has 0 spiro atoms. The Bertz CT molecular complexity index is 540. The summed E-state index contributed by atoms with van der Waals surface area (Å²) < 4.78 is 0. The molecule has 1 atom stereocenters. The summed E-state index contributed by atoms with van der Waals surface area (Å²) in [5.41, 5.74) is 2.39. The van der Waals surface area contributed by atoms with Crippen LogP contribution in [-0.2, 0) is 9.59 Å². The van der Waals surface area contributed by atoms with Crippen molar-refractivity contribution in [1.29, 1.82) is 0 Å². The summed E-state index contributed by atoms with van der Waals surface area (Å²) in [6.45, 7) is 2.24. The van der Waals surface area contributed by atoms with Gasteiger partial charge in [0.2, 0.25) is 11.8 Å². The number of carbonyl (C=O) groups is 2. The van der Waals surface area contributed by atoms with Crippen molar-refractivity contribution in [2.45, 2.75) is 25.8 Å². The van der Waals surface area contributed by atoms with Crippen molar-refractivity contribution in [2.24, 2.45) is 5.92 Å². The topological polar surface area (TPSA) is 49.4 Å². The van der Waals surface area contributed by atoms with E-state index < -0.39 is 0 Å². The number of thioether (sulfide) groups is 1. The number of nitrogens with zero attached hydrogens (tertiary/aromatic N) is 1. The zero-order valence-corrected chi connectivity index (χ0v) is 13.0. The zero-order valence-electron chi connectivity index (χ0n) is 12.2. The van der Waals surface area contributed by atoms with Crippen molar-refractivity contribution < 1.29 is 9.59 Å². The van der Waals surface area contributed by atoms with E-state index in [4.69, 9.17) is 0 Å². The minimum atomic E-state index is -0.0525. The molecule has 1 N–H and O–H groups in total. The predicted octanol–water partition coefficient (Wildman–Crippen LogP) is 2.10. The van der Waals surface area contributed by atoms with Crippen LogP contribution in [0, 0.1) is 12.8 Å². The fourth-order valence-electron chi connectivity index (χ4n) is 2.61. The minimum Gasteiger partial charge on any atom is -0.347 e. The highest BCUT2D eigenvalue weighted by molar-refractivity contribution is 8.00. The van der Waals surface area contributed by atoms with E-state index in [0.717, 1.165) is 12.8 Å². The highest BCUT2D eigenvalue weighted by Gasteiger charge is 2.34. The Morgan fingerprint density at radius 2 is 2.10 bits per heavy atom. The average molecular weight is 304 g/mol. The van der Waals surface area contributed by atoms with Gasteiger partial charge in [0.25, 0.3) is 0 Å². The molecule has 1 aromatic rings. The Balaban J connectivity index is 1.63. The third-order valence-electron chi connectivity index (χ3n) is 4.01. The Morgan fingerprint density at radius 3 is 2.67 bits per heavy atom. The summed E-state index contributed by atoms with van der Waals surface area (Å²) in [5, 5.41) is 3.12. The van der Waals surface area contributed by atoms with Gasteiger partial charge in [-0.3, -0.25) is 9.59 Å².